The smallest absolute Gasteiger partial charge is 0.205 e. The van der Waals surface area contributed by atoms with Gasteiger partial charge < -0.3 is 14.2 Å². The number of hydrogen-bond acceptors (Lipinski definition) is 4. The van der Waals surface area contributed by atoms with Gasteiger partial charge in [0.1, 0.15) is 24.2 Å². The van der Waals surface area contributed by atoms with Crippen molar-refractivity contribution in [2.24, 2.45) is 0 Å². The van der Waals surface area contributed by atoms with E-state index in [1.165, 1.54) is 0 Å². The Labute approximate surface area is 122 Å². The summed E-state index contributed by atoms with van der Waals surface area (Å²) in [6.45, 7) is 0.263. The van der Waals surface area contributed by atoms with E-state index in [-0.39, 0.29) is 18.5 Å². The van der Waals surface area contributed by atoms with Gasteiger partial charge in [-0.1, -0.05) is 24.3 Å². The van der Waals surface area contributed by atoms with Crippen molar-refractivity contribution in [2.75, 3.05) is 13.7 Å². The fraction of sp³-hybridized carbons (Fsp3) is 0.235. The van der Waals surface area contributed by atoms with E-state index in [1.54, 1.807) is 13.2 Å². The van der Waals surface area contributed by atoms with Crippen LogP contribution in [0.3, 0.4) is 0 Å². The molecular formula is C17H14O4. The topological polar surface area (TPSA) is 48.1 Å². The summed E-state index contributed by atoms with van der Waals surface area (Å²) >= 11 is 0. The number of benzene rings is 2. The molecule has 1 spiro atoms. The number of para-hydroxylation sites is 1. The molecule has 0 N–H and O–H groups in total. The quantitative estimate of drug-likeness (QED) is 0.795. The van der Waals surface area contributed by atoms with Gasteiger partial charge in [-0.3, -0.25) is 4.79 Å². The number of ketones is 1. The number of carbonyl (C=O) groups excluding carboxylic acids is 1. The number of hydrogen-bond donors (Lipinski definition) is 0. The van der Waals surface area contributed by atoms with Crippen LogP contribution in [0.25, 0.3) is 0 Å². The minimum atomic E-state index is -0.858. The summed E-state index contributed by atoms with van der Waals surface area (Å²) in [6, 6.07) is 14.9. The number of Topliss-reactive ketones (excluding diaryl/α,β-unsaturated/α-hetero) is 1. The maximum absolute atomic E-state index is 12.7. The van der Waals surface area contributed by atoms with Gasteiger partial charge in [0.05, 0.1) is 12.7 Å². The van der Waals surface area contributed by atoms with E-state index in [4.69, 9.17) is 14.2 Å². The Bertz CT molecular complexity index is 707. The van der Waals surface area contributed by atoms with Gasteiger partial charge in [-0.15, -0.1) is 0 Å². The molecule has 2 atom stereocenters. The number of methoxy groups -OCH3 is 1. The molecule has 1 fully saturated rings. The highest BCUT2D eigenvalue weighted by Crippen LogP contribution is 2.54. The Morgan fingerprint density at radius 2 is 1.90 bits per heavy atom. The van der Waals surface area contributed by atoms with Crippen LogP contribution in [-0.4, -0.2) is 25.1 Å². The Kier molecular flexibility index (Phi) is 2.56. The Balaban J connectivity index is 1.64. The van der Waals surface area contributed by atoms with Crippen molar-refractivity contribution in [3.8, 4) is 11.5 Å². The van der Waals surface area contributed by atoms with Crippen LogP contribution in [0.5, 0.6) is 11.5 Å². The van der Waals surface area contributed by atoms with E-state index in [9.17, 15) is 4.79 Å². The summed E-state index contributed by atoms with van der Waals surface area (Å²) in [5, 5.41) is 0. The predicted octanol–water partition coefficient (Wildman–Crippen LogP) is 2.78. The number of fused-ring (bicyclic) bond motifs is 1. The summed E-state index contributed by atoms with van der Waals surface area (Å²) < 4.78 is 16.6. The van der Waals surface area contributed by atoms with Crippen molar-refractivity contribution in [1.29, 1.82) is 0 Å². The van der Waals surface area contributed by atoms with Gasteiger partial charge in [0, 0.05) is 0 Å². The average molecular weight is 282 g/mol. The minimum absolute atomic E-state index is 0.00479. The van der Waals surface area contributed by atoms with Crippen molar-refractivity contribution < 1.29 is 19.0 Å². The molecule has 0 bridgehead atoms. The van der Waals surface area contributed by atoms with Crippen molar-refractivity contribution in [3.05, 3.63) is 59.7 Å². The third-order valence-electron chi connectivity index (χ3n) is 4.07. The highest BCUT2D eigenvalue weighted by Gasteiger charge is 2.65. The van der Waals surface area contributed by atoms with Gasteiger partial charge in [-0.25, -0.2) is 0 Å². The zero-order chi connectivity index (χ0) is 14.4. The molecule has 2 aromatic carbocycles. The zero-order valence-corrected chi connectivity index (χ0v) is 11.5. The molecule has 4 nitrogen and oxygen atoms in total. The molecule has 0 amide bonds. The van der Waals surface area contributed by atoms with Gasteiger partial charge in [-0.05, 0) is 29.8 Å². The number of carbonyl (C=O) groups is 1. The first-order valence-electron chi connectivity index (χ1n) is 6.83. The van der Waals surface area contributed by atoms with Gasteiger partial charge in [0.25, 0.3) is 0 Å². The molecule has 2 heterocycles. The molecule has 0 radical (unpaired) electrons. The lowest BCUT2D eigenvalue weighted by atomic mass is 9.89. The SMILES string of the molecule is COc1ccc(C2OC23COc2ccccc2C3=O)cc1. The average Bonchev–Trinajstić information content (AvgIpc) is 3.27. The van der Waals surface area contributed by atoms with E-state index >= 15 is 0 Å². The molecule has 0 aromatic heterocycles. The molecular weight excluding hydrogens is 268 g/mol. The number of epoxide rings is 1. The molecule has 2 unspecified atom stereocenters. The molecule has 21 heavy (non-hydrogen) atoms. The standard InChI is InChI=1S/C17H14O4/c1-19-12-8-6-11(7-9-12)16-17(21-16)10-20-14-5-3-2-4-13(14)15(17)18/h2-9,16H,10H2,1H3. The first kappa shape index (κ1) is 12.4. The van der Waals surface area contributed by atoms with Crippen LogP contribution >= 0.6 is 0 Å². The summed E-state index contributed by atoms with van der Waals surface area (Å²) in [5.74, 6) is 1.42. The summed E-state index contributed by atoms with van der Waals surface area (Å²) in [7, 11) is 1.62. The fourth-order valence-corrected chi connectivity index (χ4v) is 2.83. The van der Waals surface area contributed by atoms with Crippen LogP contribution in [0.4, 0.5) is 0 Å². The zero-order valence-electron chi connectivity index (χ0n) is 11.5. The van der Waals surface area contributed by atoms with E-state index in [0.29, 0.717) is 11.3 Å². The molecule has 2 aromatic rings. The second-order valence-corrected chi connectivity index (χ2v) is 5.27. The van der Waals surface area contributed by atoms with Crippen LogP contribution in [0.2, 0.25) is 0 Å². The largest absolute Gasteiger partial charge is 0.497 e. The summed E-state index contributed by atoms with van der Waals surface area (Å²) in [6.07, 6.45) is -0.246. The Morgan fingerprint density at radius 3 is 2.67 bits per heavy atom. The van der Waals surface area contributed by atoms with Crippen molar-refractivity contribution >= 4 is 5.78 Å². The van der Waals surface area contributed by atoms with Crippen LogP contribution in [0, 0.1) is 0 Å². The first-order valence-corrected chi connectivity index (χ1v) is 6.83. The van der Waals surface area contributed by atoms with E-state index in [2.05, 4.69) is 0 Å². The molecule has 0 saturated carbocycles. The lowest BCUT2D eigenvalue weighted by Gasteiger charge is -2.21. The molecule has 106 valence electrons. The fourth-order valence-electron chi connectivity index (χ4n) is 2.83. The van der Waals surface area contributed by atoms with Crippen LogP contribution in [-0.2, 0) is 4.74 Å². The highest BCUT2D eigenvalue weighted by molar-refractivity contribution is 6.07. The number of rotatable bonds is 2. The molecule has 1 saturated heterocycles. The lowest BCUT2D eigenvalue weighted by Crippen LogP contribution is -2.37. The third-order valence-corrected chi connectivity index (χ3v) is 4.07. The van der Waals surface area contributed by atoms with Crippen LogP contribution < -0.4 is 9.47 Å². The minimum Gasteiger partial charge on any atom is -0.497 e. The predicted molar refractivity (Wildman–Crippen MR) is 75.8 cm³/mol. The molecule has 2 aliphatic rings. The highest BCUT2D eigenvalue weighted by atomic mass is 16.6. The number of ether oxygens (including phenoxy) is 3. The summed E-state index contributed by atoms with van der Waals surface area (Å²) in [5.41, 5.74) is 0.704. The van der Waals surface area contributed by atoms with Gasteiger partial charge in [-0.2, -0.15) is 0 Å². The van der Waals surface area contributed by atoms with E-state index < -0.39 is 5.60 Å². The second-order valence-electron chi connectivity index (χ2n) is 5.27. The van der Waals surface area contributed by atoms with Crippen LogP contribution in [0.15, 0.2) is 48.5 Å². The normalized spacial score (nSPS) is 26.1. The van der Waals surface area contributed by atoms with Gasteiger partial charge in [0.15, 0.2) is 5.60 Å². The van der Waals surface area contributed by atoms with Crippen LogP contribution in [0.1, 0.15) is 22.0 Å². The van der Waals surface area contributed by atoms with Crippen molar-refractivity contribution in [1.82, 2.24) is 0 Å². The second kappa shape index (κ2) is 4.33. The maximum Gasteiger partial charge on any atom is 0.205 e. The molecule has 2 aliphatic heterocycles. The van der Waals surface area contributed by atoms with Crippen molar-refractivity contribution in [2.45, 2.75) is 11.7 Å². The molecule has 0 aliphatic carbocycles. The van der Waals surface area contributed by atoms with Gasteiger partial charge in [0.2, 0.25) is 5.78 Å². The molecule has 4 heteroatoms. The molecule has 4 rings (SSSR count). The monoisotopic (exact) mass is 282 g/mol. The van der Waals surface area contributed by atoms with E-state index in [0.717, 1.165) is 11.3 Å². The summed E-state index contributed by atoms with van der Waals surface area (Å²) in [4.78, 5) is 12.7. The van der Waals surface area contributed by atoms with Crippen molar-refractivity contribution in [3.63, 3.8) is 0 Å². The van der Waals surface area contributed by atoms with E-state index in [1.807, 2.05) is 42.5 Å². The maximum atomic E-state index is 12.7. The van der Waals surface area contributed by atoms with Gasteiger partial charge >= 0.3 is 0 Å². The lowest BCUT2D eigenvalue weighted by molar-refractivity contribution is 0.0755. The first-order chi connectivity index (χ1) is 10.2. The third kappa shape index (κ3) is 1.76. The Morgan fingerprint density at radius 1 is 1.14 bits per heavy atom. The Hall–Kier alpha value is -2.33.